The molecule has 0 amide bonds. The minimum absolute atomic E-state index is 0.715. The molecule has 1 aromatic heterocycles. The first kappa shape index (κ1) is 14.7. The Morgan fingerprint density at radius 3 is 2.44 bits per heavy atom. The summed E-state index contributed by atoms with van der Waals surface area (Å²) in [6.45, 7) is 10.5. The molecule has 0 aliphatic carbocycles. The average Bonchev–Trinajstić information content (AvgIpc) is 2.37. The average molecular weight is 250 g/mol. The smallest absolute Gasteiger partial charge is 0.224 e. The summed E-state index contributed by atoms with van der Waals surface area (Å²) >= 11 is 0. The minimum atomic E-state index is 0.715. The van der Waals surface area contributed by atoms with Gasteiger partial charge >= 0.3 is 0 Å². The van der Waals surface area contributed by atoms with E-state index in [2.05, 4.69) is 41.4 Å². The van der Waals surface area contributed by atoms with Crippen molar-refractivity contribution >= 4 is 11.8 Å². The van der Waals surface area contributed by atoms with E-state index in [4.69, 9.17) is 0 Å². The SMILES string of the molecule is CCCNc1nc(C)cc(NCC(CC)CC)n1. The molecule has 18 heavy (non-hydrogen) atoms. The van der Waals surface area contributed by atoms with Crippen LogP contribution in [-0.2, 0) is 0 Å². The summed E-state index contributed by atoms with van der Waals surface area (Å²) in [5.41, 5.74) is 0.996. The summed E-state index contributed by atoms with van der Waals surface area (Å²) in [5, 5.41) is 6.64. The van der Waals surface area contributed by atoms with Crippen LogP contribution in [0.15, 0.2) is 6.07 Å². The van der Waals surface area contributed by atoms with Gasteiger partial charge in [-0.15, -0.1) is 0 Å². The summed E-state index contributed by atoms with van der Waals surface area (Å²) < 4.78 is 0. The lowest BCUT2D eigenvalue weighted by Gasteiger charge is -2.14. The number of aryl methyl sites for hydroxylation is 1. The van der Waals surface area contributed by atoms with E-state index in [9.17, 15) is 0 Å². The first-order valence-corrected chi connectivity index (χ1v) is 7.02. The highest BCUT2D eigenvalue weighted by atomic mass is 15.1. The molecule has 0 radical (unpaired) electrons. The summed E-state index contributed by atoms with van der Waals surface area (Å²) in [4.78, 5) is 8.85. The van der Waals surface area contributed by atoms with Crippen LogP contribution in [0.2, 0.25) is 0 Å². The van der Waals surface area contributed by atoms with Crippen LogP contribution >= 0.6 is 0 Å². The molecular formula is C14H26N4. The molecule has 0 saturated carbocycles. The second-order valence-electron chi connectivity index (χ2n) is 4.71. The zero-order valence-corrected chi connectivity index (χ0v) is 12.1. The van der Waals surface area contributed by atoms with Crippen LogP contribution in [0.5, 0.6) is 0 Å². The van der Waals surface area contributed by atoms with E-state index in [1.165, 1.54) is 12.8 Å². The monoisotopic (exact) mass is 250 g/mol. The quantitative estimate of drug-likeness (QED) is 0.742. The molecular weight excluding hydrogens is 224 g/mol. The van der Waals surface area contributed by atoms with Crippen LogP contribution in [0.1, 0.15) is 45.7 Å². The highest BCUT2D eigenvalue weighted by Crippen LogP contribution is 2.12. The fraction of sp³-hybridized carbons (Fsp3) is 0.714. The van der Waals surface area contributed by atoms with Gasteiger partial charge < -0.3 is 10.6 Å². The van der Waals surface area contributed by atoms with Gasteiger partial charge in [-0.3, -0.25) is 0 Å². The summed E-state index contributed by atoms with van der Waals surface area (Å²) in [7, 11) is 0. The lowest BCUT2D eigenvalue weighted by atomic mass is 10.0. The molecule has 0 atom stereocenters. The molecule has 1 heterocycles. The normalized spacial score (nSPS) is 10.7. The Labute approximate surface area is 111 Å². The van der Waals surface area contributed by atoms with Gasteiger partial charge in [-0.2, -0.15) is 4.98 Å². The van der Waals surface area contributed by atoms with Crippen LogP contribution in [0.3, 0.4) is 0 Å². The molecule has 0 bridgehead atoms. The zero-order valence-electron chi connectivity index (χ0n) is 12.1. The van der Waals surface area contributed by atoms with E-state index in [-0.39, 0.29) is 0 Å². The van der Waals surface area contributed by atoms with Crippen LogP contribution in [0, 0.1) is 12.8 Å². The molecule has 4 nitrogen and oxygen atoms in total. The van der Waals surface area contributed by atoms with Gasteiger partial charge in [0.15, 0.2) is 0 Å². The number of nitrogens with zero attached hydrogens (tertiary/aromatic N) is 2. The van der Waals surface area contributed by atoms with Crippen molar-refractivity contribution in [2.75, 3.05) is 23.7 Å². The number of anilines is 2. The Balaban J connectivity index is 2.61. The van der Waals surface area contributed by atoms with Crippen molar-refractivity contribution in [1.82, 2.24) is 9.97 Å². The lowest BCUT2D eigenvalue weighted by Crippen LogP contribution is -2.15. The highest BCUT2D eigenvalue weighted by molar-refractivity contribution is 5.42. The molecule has 2 N–H and O–H groups in total. The highest BCUT2D eigenvalue weighted by Gasteiger charge is 2.05. The van der Waals surface area contributed by atoms with Gasteiger partial charge in [0.1, 0.15) is 5.82 Å². The first-order valence-electron chi connectivity index (χ1n) is 7.02. The summed E-state index contributed by atoms with van der Waals surface area (Å²) in [6.07, 6.45) is 3.48. The van der Waals surface area contributed by atoms with Crippen LogP contribution in [0.25, 0.3) is 0 Å². The van der Waals surface area contributed by atoms with Crippen LogP contribution < -0.4 is 10.6 Å². The maximum atomic E-state index is 4.48. The molecule has 1 aromatic rings. The van der Waals surface area contributed by atoms with Gasteiger partial charge in [0, 0.05) is 24.8 Å². The third-order valence-electron chi connectivity index (χ3n) is 3.11. The van der Waals surface area contributed by atoms with Crippen LogP contribution in [-0.4, -0.2) is 23.1 Å². The zero-order chi connectivity index (χ0) is 13.4. The van der Waals surface area contributed by atoms with Crippen molar-refractivity contribution in [2.24, 2.45) is 5.92 Å². The Kier molecular flexibility index (Phi) is 6.47. The predicted octanol–water partition coefficient (Wildman–Crippen LogP) is 3.46. The second-order valence-corrected chi connectivity index (χ2v) is 4.71. The van der Waals surface area contributed by atoms with Gasteiger partial charge in [-0.1, -0.05) is 33.6 Å². The fourth-order valence-electron chi connectivity index (χ4n) is 1.80. The van der Waals surface area contributed by atoms with Crippen molar-refractivity contribution in [3.05, 3.63) is 11.8 Å². The maximum Gasteiger partial charge on any atom is 0.224 e. The van der Waals surface area contributed by atoms with E-state index in [0.717, 1.165) is 37.0 Å². The van der Waals surface area contributed by atoms with Crippen molar-refractivity contribution in [2.45, 2.75) is 47.0 Å². The molecule has 4 heteroatoms. The first-order chi connectivity index (χ1) is 8.69. The lowest BCUT2D eigenvalue weighted by molar-refractivity contribution is 0.518. The van der Waals surface area contributed by atoms with E-state index >= 15 is 0 Å². The fourth-order valence-corrected chi connectivity index (χ4v) is 1.80. The number of hydrogen-bond acceptors (Lipinski definition) is 4. The molecule has 0 saturated heterocycles. The van der Waals surface area contributed by atoms with E-state index in [1.807, 2.05) is 13.0 Å². The summed E-state index contributed by atoms with van der Waals surface area (Å²) in [5.74, 6) is 2.37. The van der Waals surface area contributed by atoms with Gasteiger partial charge in [0.2, 0.25) is 5.95 Å². The number of hydrogen-bond donors (Lipinski definition) is 2. The van der Waals surface area contributed by atoms with Crippen LogP contribution in [0.4, 0.5) is 11.8 Å². The second kappa shape index (κ2) is 7.90. The van der Waals surface area contributed by atoms with Gasteiger partial charge in [0.05, 0.1) is 0 Å². The van der Waals surface area contributed by atoms with E-state index < -0.39 is 0 Å². The summed E-state index contributed by atoms with van der Waals surface area (Å²) in [6, 6.07) is 2.00. The Morgan fingerprint density at radius 2 is 1.83 bits per heavy atom. The topological polar surface area (TPSA) is 49.8 Å². The predicted molar refractivity (Wildman–Crippen MR) is 78.1 cm³/mol. The minimum Gasteiger partial charge on any atom is -0.370 e. The molecule has 0 aromatic carbocycles. The molecule has 1 rings (SSSR count). The van der Waals surface area contributed by atoms with Crippen molar-refractivity contribution in [3.8, 4) is 0 Å². The number of nitrogens with one attached hydrogen (secondary N) is 2. The molecule has 0 unspecified atom stereocenters. The Morgan fingerprint density at radius 1 is 1.11 bits per heavy atom. The van der Waals surface area contributed by atoms with E-state index in [1.54, 1.807) is 0 Å². The third-order valence-corrected chi connectivity index (χ3v) is 3.11. The van der Waals surface area contributed by atoms with Crippen molar-refractivity contribution < 1.29 is 0 Å². The Bertz CT molecular complexity index is 348. The molecule has 0 aliphatic heterocycles. The van der Waals surface area contributed by atoms with Crippen molar-refractivity contribution in [3.63, 3.8) is 0 Å². The van der Waals surface area contributed by atoms with Gasteiger partial charge in [-0.25, -0.2) is 4.98 Å². The van der Waals surface area contributed by atoms with E-state index in [0.29, 0.717) is 5.92 Å². The molecule has 0 fully saturated rings. The maximum absolute atomic E-state index is 4.48. The Hall–Kier alpha value is -1.32. The van der Waals surface area contributed by atoms with Crippen molar-refractivity contribution in [1.29, 1.82) is 0 Å². The number of rotatable bonds is 8. The van der Waals surface area contributed by atoms with Gasteiger partial charge in [-0.05, 0) is 19.3 Å². The molecule has 0 aliphatic rings. The molecule has 102 valence electrons. The standard InChI is InChI=1S/C14H26N4/c1-5-8-15-14-17-11(4)9-13(18-14)16-10-12(6-2)7-3/h9,12H,5-8,10H2,1-4H3,(H2,15,16,17,18). The molecule has 0 spiro atoms. The third kappa shape index (κ3) is 4.90. The van der Waals surface area contributed by atoms with Gasteiger partial charge in [0.25, 0.3) is 0 Å². The number of aromatic nitrogens is 2. The largest absolute Gasteiger partial charge is 0.370 e.